The molecule has 84 valence electrons. The lowest BCUT2D eigenvalue weighted by Gasteiger charge is -2.08. The number of rotatable bonds is 3. The fraction of sp³-hybridized carbons (Fsp3) is 0.462. The third-order valence-electron chi connectivity index (χ3n) is 3.24. The molecule has 1 amide bonds. The third kappa shape index (κ3) is 2.12. The highest BCUT2D eigenvalue weighted by Crippen LogP contribution is 2.54. The molecule has 2 nitrogen and oxygen atoms in total. The topological polar surface area (TPSA) is 29.1 Å². The lowest BCUT2D eigenvalue weighted by molar-refractivity contribution is -0.115. The number of carbonyl (C=O) groups excluding carboxylic acids is 1. The molecular formula is C13H15NOS. The van der Waals surface area contributed by atoms with Crippen LogP contribution in [0.3, 0.4) is 0 Å². The van der Waals surface area contributed by atoms with Gasteiger partial charge in [0.15, 0.2) is 0 Å². The minimum Gasteiger partial charge on any atom is -0.345 e. The van der Waals surface area contributed by atoms with Crippen LogP contribution in [0.1, 0.15) is 25.1 Å². The summed E-state index contributed by atoms with van der Waals surface area (Å²) in [5.41, 5.74) is 0.279. The van der Waals surface area contributed by atoms with Crippen molar-refractivity contribution in [2.45, 2.75) is 25.7 Å². The van der Waals surface area contributed by atoms with Gasteiger partial charge >= 0.3 is 0 Å². The van der Waals surface area contributed by atoms with E-state index in [2.05, 4.69) is 41.6 Å². The zero-order valence-corrected chi connectivity index (χ0v) is 10.4. The van der Waals surface area contributed by atoms with Crippen molar-refractivity contribution in [1.29, 1.82) is 0 Å². The number of thiophene rings is 1. The highest BCUT2D eigenvalue weighted by molar-refractivity contribution is 7.10. The van der Waals surface area contributed by atoms with Crippen LogP contribution in [-0.2, 0) is 10.2 Å². The van der Waals surface area contributed by atoms with Crippen LogP contribution in [0.2, 0.25) is 0 Å². The van der Waals surface area contributed by atoms with Crippen molar-refractivity contribution in [2.24, 2.45) is 5.92 Å². The van der Waals surface area contributed by atoms with Crippen LogP contribution in [0.4, 0.5) is 0 Å². The van der Waals surface area contributed by atoms with Crippen LogP contribution in [0, 0.1) is 17.8 Å². The van der Waals surface area contributed by atoms with Crippen molar-refractivity contribution in [3.63, 3.8) is 0 Å². The summed E-state index contributed by atoms with van der Waals surface area (Å²) in [7, 11) is 0. The predicted octanol–water partition coefficient (Wildman–Crippen LogP) is 2.17. The van der Waals surface area contributed by atoms with Crippen molar-refractivity contribution in [1.82, 2.24) is 5.32 Å². The maximum atomic E-state index is 11.2. The van der Waals surface area contributed by atoms with Crippen LogP contribution >= 0.6 is 11.3 Å². The smallest absolute Gasteiger partial charge is 0.295 e. The first-order valence-electron chi connectivity index (χ1n) is 5.41. The second kappa shape index (κ2) is 4.31. The fourth-order valence-electron chi connectivity index (χ4n) is 2.03. The Hall–Kier alpha value is -1.27. The summed E-state index contributed by atoms with van der Waals surface area (Å²) >= 11 is 1.80. The van der Waals surface area contributed by atoms with Crippen LogP contribution in [0.25, 0.3) is 0 Å². The van der Waals surface area contributed by atoms with Crippen molar-refractivity contribution in [3.8, 4) is 11.8 Å². The lowest BCUT2D eigenvalue weighted by atomic mass is 10.0. The van der Waals surface area contributed by atoms with E-state index >= 15 is 0 Å². The summed E-state index contributed by atoms with van der Waals surface area (Å²) in [5, 5.41) is 4.96. The highest BCUT2D eigenvalue weighted by Gasteiger charge is 2.51. The number of hydrogen-bond acceptors (Lipinski definition) is 2. The van der Waals surface area contributed by atoms with Crippen molar-refractivity contribution < 1.29 is 4.79 Å². The molecule has 2 unspecified atom stereocenters. The van der Waals surface area contributed by atoms with Crippen LogP contribution < -0.4 is 5.32 Å². The first-order chi connectivity index (χ1) is 7.66. The summed E-state index contributed by atoms with van der Waals surface area (Å²) in [5.74, 6) is 5.49. The van der Waals surface area contributed by atoms with Gasteiger partial charge in [0.05, 0.1) is 0 Å². The van der Waals surface area contributed by atoms with Gasteiger partial charge in [0.25, 0.3) is 5.91 Å². The van der Waals surface area contributed by atoms with E-state index in [1.54, 1.807) is 18.3 Å². The Kier molecular flexibility index (Phi) is 3.02. The second-order valence-corrected chi connectivity index (χ2v) is 5.33. The maximum Gasteiger partial charge on any atom is 0.295 e. The molecule has 3 heteroatoms. The second-order valence-electron chi connectivity index (χ2n) is 4.38. The van der Waals surface area contributed by atoms with Gasteiger partial charge in [-0.2, -0.15) is 0 Å². The summed E-state index contributed by atoms with van der Waals surface area (Å²) in [6.45, 7) is 4.68. The van der Waals surface area contributed by atoms with Gasteiger partial charge in [-0.3, -0.25) is 4.79 Å². The number of nitrogens with one attached hydrogen (secondary N) is 1. The van der Waals surface area contributed by atoms with E-state index in [4.69, 9.17) is 0 Å². The normalized spacial score (nSPS) is 26.8. The average Bonchev–Trinajstić information content (AvgIpc) is 2.69. The summed E-state index contributed by atoms with van der Waals surface area (Å²) in [6.07, 6.45) is 1.16. The molecule has 1 saturated carbocycles. The largest absolute Gasteiger partial charge is 0.345 e. The monoisotopic (exact) mass is 233 g/mol. The Bertz CT molecular complexity index is 440. The minimum atomic E-state index is -0.164. The Morgan fingerprint density at radius 3 is 3.19 bits per heavy atom. The molecule has 0 radical (unpaired) electrons. The van der Waals surface area contributed by atoms with E-state index < -0.39 is 0 Å². The van der Waals surface area contributed by atoms with E-state index in [0.717, 1.165) is 13.0 Å². The van der Waals surface area contributed by atoms with E-state index in [1.165, 1.54) is 4.88 Å². The van der Waals surface area contributed by atoms with Crippen LogP contribution in [0.15, 0.2) is 17.5 Å². The SMILES string of the molecule is CC#CC(=O)NCC1CC1(C)c1cccs1. The quantitative estimate of drug-likeness (QED) is 0.796. The number of carbonyl (C=O) groups is 1. The number of amides is 1. The highest BCUT2D eigenvalue weighted by atomic mass is 32.1. The van der Waals surface area contributed by atoms with Crippen LogP contribution in [0.5, 0.6) is 0 Å². The Morgan fingerprint density at radius 2 is 2.56 bits per heavy atom. The fourth-order valence-corrected chi connectivity index (χ4v) is 3.01. The molecule has 0 bridgehead atoms. The molecule has 2 rings (SSSR count). The Balaban J connectivity index is 1.87. The zero-order valence-electron chi connectivity index (χ0n) is 9.54. The van der Waals surface area contributed by atoms with Gasteiger partial charge in [-0.15, -0.1) is 11.3 Å². The van der Waals surface area contributed by atoms with Crippen LogP contribution in [-0.4, -0.2) is 12.5 Å². The summed E-state index contributed by atoms with van der Waals surface area (Å²) in [4.78, 5) is 12.6. The summed E-state index contributed by atoms with van der Waals surface area (Å²) < 4.78 is 0. The van der Waals surface area contributed by atoms with Gasteiger partial charge in [-0.05, 0) is 36.6 Å². The molecule has 1 aliphatic carbocycles. The molecule has 16 heavy (non-hydrogen) atoms. The zero-order chi connectivity index (χ0) is 11.6. The molecule has 1 N–H and O–H groups in total. The van der Waals surface area contributed by atoms with E-state index in [1.807, 2.05) is 0 Å². The minimum absolute atomic E-state index is 0.164. The van der Waals surface area contributed by atoms with Crippen molar-refractivity contribution >= 4 is 17.2 Å². The van der Waals surface area contributed by atoms with E-state index in [9.17, 15) is 4.79 Å². The molecule has 0 saturated heterocycles. The average molecular weight is 233 g/mol. The first-order valence-corrected chi connectivity index (χ1v) is 6.29. The molecule has 1 aliphatic rings. The first kappa shape index (κ1) is 11.2. The van der Waals surface area contributed by atoms with Crippen molar-refractivity contribution in [3.05, 3.63) is 22.4 Å². The lowest BCUT2D eigenvalue weighted by Crippen LogP contribution is -2.25. The molecular weight excluding hydrogens is 218 g/mol. The molecule has 1 aromatic heterocycles. The number of hydrogen-bond donors (Lipinski definition) is 1. The Morgan fingerprint density at radius 1 is 1.75 bits per heavy atom. The molecule has 1 heterocycles. The molecule has 0 aromatic carbocycles. The van der Waals surface area contributed by atoms with E-state index in [-0.39, 0.29) is 11.3 Å². The molecule has 2 atom stereocenters. The van der Waals surface area contributed by atoms with Gasteiger partial charge < -0.3 is 5.32 Å². The standard InChI is InChI=1S/C13H15NOS/c1-3-5-12(15)14-9-10-8-13(10,2)11-6-4-7-16-11/h4,6-7,10H,8-9H2,1-2H3,(H,14,15). The van der Waals surface area contributed by atoms with Gasteiger partial charge in [0, 0.05) is 16.8 Å². The molecule has 0 aliphatic heterocycles. The van der Waals surface area contributed by atoms with Gasteiger partial charge in [-0.25, -0.2) is 0 Å². The summed E-state index contributed by atoms with van der Waals surface area (Å²) in [6, 6.07) is 4.26. The third-order valence-corrected chi connectivity index (χ3v) is 4.39. The van der Waals surface area contributed by atoms with Crippen molar-refractivity contribution in [2.75, 3.05) is 6.54 Å². The molecule has 0 spiro atoms. The maximum absolute atomic E-state index is 11.2. The molecule has 1 aromatic rings. The van der Waals surface area contributed by atoms with Gasteiger partial charge in [-0.1, -0.05) is 18.9 Å². The molecule has 1 fully saturated rings. The predicted molar refractivity (Wildman–Crippen MR) is 66.2 cm³/mol. The van der Waals surface area contributed by atoms with Gasteiger partial charge in [0.2, 0.25) is 0 Å². The Labute approximate surface area is 100 Å². The van der Waals surface area contributed by atoms with E-state index in [0.29, 0.717) is 5.92 Å². The van der Waals surface area contributed by atoms with Gasteiger partial charge in [0.1, 0.15) is 0 Å².